The molecule has 0 aromatic carbocycles. The lowest BCUT2D eigenvalue weighted by molar-refractivity contribution is 0.189. The van der Waals surface area contributed by atoms with Crippen LogP contribution >= 0.6 is 0 Å². The lowest BCUT2D eigenvalue weighted by Gasteiger charge is -2.04. The van der Waals surface area contributed by atoms with E-state index in [1.165, 1.54) is 32.1 Å². The smallest absolute Gasteiger partial charge is 0.405 e. The third kappa shape index (κ3) is 8.14. The maximum atomic E-state index is 9.94. The summed E-state index contributed by atoms with van der Waals surface area (Å²) in [6.07, 6.45) is 15.1. The van der Waals surface area contributed by atoms with Crippen molar-refractivity contribution in [2.75, 3.05) is 5.32 Å². The van der Waals surface area contributed by atoms with Crippen LogP contribution in [-0.4, -0.2) is 36.9 Å². The van der Waals surface area contributed by atoms with E-state index < -0.39 is 6.09 Å². The van der Waals surface area contributed by atoms with Gasteiger partial charge in [-0.05, 0) is 19.8 Å². The zero-order valence-corrected chi connectivity index (χ0v) is 14.5. The fraction of sp³-hybridized carbons (Fsp3) is 0.529. The van der Waals surface area contributed by atoms with E-state index in [9.17, 15) is 4.79 Å². The Morgan fingerprint density at radius 1 is 1.20 bits per heavy atom. The van der Waals surface area contributed by atoms with E-state index in [0.29, 0.717) is 5.82 Å². The Morgan fingerprint density at radius 2 is 1.88 bits per heavy atom. The van der Waals surface area contributed by atoms with Crippen LogP contribution in [0.4, 0.5) is 16.4 Å². The van der Waals surface area contributed by atoms with Crippen LogP contribution < -0.4 is 10.6 Å². The van der Waals surface area contributed by atoms with Crippen molar-refractivity contribution in [1.82, 2.24) is 25.5 Å². The average Bonchev–Trinajstić information content (AvgIpc) is 3.08. The number of rotatable bonds is 3. The van der Waals surface area contributed by atoms with Gasteiger partial charge in [-0.2, -0.15) is 5.10 Å². The van der Waals surface area contributed by atoms with Gasteiger partial charge in [-0.3, -0.25) is 10.1 Å². The van der Waals surface area contributed by atoms with E-state index in [-0.39, 0.29) is 9.82 Å². The zero-order valence-electron chi connectivity index (χ0n) is 14.5. The van der Waals surface area contributed by atoms with Gasteiger partial charge in [-0.25, -0.2) is 9.78 Å². The lowest BCUT2D eigenvalue weighted by Crippen LogP contribution is -2.32. The van der Waals surface area contributed by atoms with Crippen molar-refractivity contribution in [3.63, 3.8) is 0 Å². The molecule has 8 heteroatoms. The van der Waals surface area contributed by atoms with Gasteiger partial charge < -0.3 is 15.7 Å². The standard InChI is InChI=1S/C7H7N5.C5H9NO2.C5H10.3H2/c1-2-10-12-6(1)11-7-5-8-3-4-9-7;1-5(2-3-5)6-4(7)8;1-2-4-5-3-1;;;/h1-5H,(H2,9,10,11,12);6H,2-3H2,1H3,(H,7,8);1-5H2;3*1H. The SMILES string of the molecule is C1CCCC1.CC1(NC(=O)O)CC1.[HH].[HH].[HH].c1cnc(Nc2ccn[nH]2)cn1. The first-order valence-electron chi connectivity index (χ1n) is 8.61. The summed E-state index contributed by atoms with van der Waals surface area (Å²) in [7, 11) is 0. The van der Waals surface area contributed by atoms with Crippen LogP contribution in [0.3, 0.4) is 0 Å². The number of amides is 1. The molecular formula is C17H32N6O2. The number of H-pyrrole nitrogens is 1. The fourth-order valence-electron chi connectivity index (χ4n) is 2.28. The van der Waals surface area contributed by atoms with Crippen LogP contribution in [0.1, 0.15) is 56.1 Å². The summed E-state index contributed by atoms with van der Waals surface area (Å²) in [4.78, 5) is 17.9. The Kier molecular flexibility index (Phi) is 7.18. The largest absolute Gasteiger partial charge is 0.465 e. The van der Waals surface area contributed by atoms with Gasteiger partial charge in [0.05, 0.1) is 12.4 Å². The minimum atomic E-state index is -0.912. The number of hydrogen-bond acceptors (Lipinski definition) is 5. The fourth-order valence-corrected chi connectivity index (χ4v) is 2.28. The maximum absolute atomic E-state index is 9.94. The molecule has 0 unspecified atom stereocenters. The van der Waals surface area contributed by atoms with Crippen molar-refractivity contribution in [2.45, 2.75) is 57.4 Å². The molecule has 4 rings (SSSR count). The van der Waals surface area contributed by atoms with E-state index in [0.717, 1.165) is 18.7 Å². The Balaban J connectivity index is 0. The molecule has 2 aromatic rings. The summed E-state index contributed by atoms with van der Waals surface area (Å²) in [6.45, 7) is 1.90. The molecule has 2 aromatic heterocycles. The molecule has 25 heavy (non-hydrogen) atoms. The average molecular weight is 352 g/mol. The molecule has 2 heterocycles. The summed E-state index contributed by atoms with van der Waals surface area (Å²) < 4.78 is 0. The molecule has 0 saturated heterocycles. The third-order valence-electron chi connectivity index (χ3n) is 3.99. The molecule has 2 aliphatic carbocycles. The predicted octanol–water partition coefficient (Wildman–Crippen LogP) is 4.44. The monoisotopic (exact) mass is 352 g/mol. The predicted molar refractivity (Wildman–Crippen MR) is 102 cm³/mol. The van der Waals surface area contributed by atoms with Gasteiger partial charge in [0.25, 0.3) is 0 Å². The summed E-state index contributed by atoms with van der Waals surface area (Å²) in [6, 6.07) is 1.81. The summed E-state index contributed by atoms with van der Waals surface area (Å²) in [5, 5.41) is 20.1. The van der Waals surface area contributed by atoms with Crippen molar-refractivity contribution in [2.24, 2.45) is 0 Å². The van der Waals surface area contributed by atoms with Gasteiger partial charge in [0.15, 0.2) is 0 Å². The molecule has 2 aliphatic rings. The molecule has 8 nitrogen and oxygen atoms in total. The maximum Gasteiger partial charge on any atom is 0.405 e. The first kappa shape index (κ1) is 18.7. The first-order valence-corrected chi connectivity index (χ1v) is 8.61. The summed E-state index contributed by atoms with van der Waals surface area (Å²) in [5.74, 6) is 1.50. The Labute approximate surface area is 151 Å². The van der Waals surface area contributed by atoms with Gasteiger partial charge in [0.1, 0.15) is 11.6 Å². The van der Waals surface area contributed by atoms with E-state index in [4.69, 9.17) is 5.11 Å². The third-order valence-corrected chi connectivity index (χ3v) is 3.99. The van der Waals surface area contributed by atoms with Gasteiger partial charge in [0.2, 0.25) is 0 Å². The Bertz CT molecular complexity index is 615. The Morgan fingerprint density at radius 3 is 2.28 bits per heavy atom. The van der Waals surface area contributed by atoms with Crippen LogP contribution in [0.15, 0.2) is 30.9 Å². The number of anilines is 2. The number of carbonyl (C=O) groups is 1. The Hall–Kier alpha value is -2.64. The van der Waals surface area contributed by atoms with Gasteiger partial charge >= 0.3 is 6.09 Å². The van der Waals surface area contributed by atoms with E-state index in [1.54, 1.807) is 24.8 Å². The number of aromatic nitrogens is 4. The molecule has 0 radical (unpaired) electrons. The number of aromatic amines is 1. The van der Waals surface area contributed by atoms with E-state index >= 15 is 0 Å². The topological polar surface area (TPSA) is 116 Å². The van der Waals surface area contributed by atoms with Gasteiger partial charge in [-0.1, -0.05) is 32.1 Å². The van der Waals surface area contributed by atoms with Gasteiger partial charge in [0, 0.05) is 28.3 Å². The molecule has 2 saturated carbocycles. The zero-order chi connectivity index (χ0) is 18.0. The first-order chi connectivity index (χ1) is 12.1. The quantitative estimate of drug-likeness (QED) is 0.649. The van der Waals surface area contributed by atoms with Crippen LogP contribution in [0.5, 0.6) is 0 Å². The number of carboxylic acid groups (broad SMARTS) is 1. The highest BCUT2D eigenvalue weighted by Crippen LogP contribution is 2.33. The lowest BCUT2D eigenvalue weighted by atomic mass is 10.3. The number of nitrogens with one attached hydrogen (secondary N) is 3. The summed E-state index contributed by atoms with van der Waals surface area (Å²) in [5.41, 5.74) is -0.0775. The molecule has 2 fully saturated rings. The highest BCUT2D eigenvalue weighted by Gasteiger charge is 2.38. The van der Waals surface area contributed by atoms with Crippen molar-refractivity contribution >= 4 is 17.7 Å². The van der Waals surface area contributed by atoms with Crippen molar-refractivity contribution in [3.05, 3.63) is 30.9 Å². The van der Waals surface area contributed by atoms with Crippen molar-refractivity contribution in [3.8, 4) is 0 Å². The second kappa shape index (κ2) is 9.61. The van der Waals surface area contributed by atoms with Crippen molar-refractivity contribution in [1.29, 1.82) is 0 Å². The van der Waals surface area contributed by atoms with Crippen LogP contribution in [0.25, 0.3) is 0 Å². The minimum absolute atomic E-state index is 0. The highest BCUT2D eigenvalue weighted by atomic mass is 16.4. The van der Waals surface area contributed by atoms with Crippen LogP contribution in [0, 0.1) is 0 Å². The van der Waals surface area contributed by atoms with E-state index in [2.05, 4.69) is 30.8 Å². The molecule has 0 atom stereocenters. The number of hydrogen-bond donors (Lipinski definition) is 4. The normalized spacial score (nSPS) is 16.5. The van der Waals surface area contributed by atoms with Crippen LogP contribution in [-0.2, 0) is 0 Å². The molecular weight excluding hydrogens is 320 g/mol. The molecule has 1 amide bonds. The number of nitrogens with zero attached hydrogens (tertiary/aromatic N) is 3. The highest BCUT2D eigenvalue weighted by molar-refractivity contribution is 5.66. The summed E-state index contributed by atoms with van der Waals surface area (Å²) >= 11 is 0. The van der Waals surface area contributed by atoms with Crippen molar-refractivity contribution < 1.29 is 14.2 Å². The van der Waals surface area contributed by atoms with Gasteiger partial charge in [-0.15, -0.1) is 0 Å². The van der Waals surface area contributed by atoms with Crippen LogP contribution in [0.2, 0.25) is 0 Å². The molecule has 142 valence electrons. The minimum Gasteiger partial charge on any atom is -0.465 e. The molecule has 0 bridgehead atoms. The molecule has 0 spiro atoms. The van der Waals surface area contributed by atoms with E-state index in [1.807, 2.05) is 13.0 Å². The molecule has 4 N–H and O–H groups in total. The second-order valence-electron chi connectivity index (χ2n) is 6.44. The molecule has 0 aliphatic heterocycles. The second-order valence-corrected chi connectivity index (χ2v) is 6.44.